The standard InChI is InChI=1S/C41H31NO2P2/c43-45(34-18-8-2-9-19-34,35-20-10-3-11-21-35)38-27-28-39(33-26-29-40(42-31-33)32-16-6-1-7-17-32)41(30-38)46(44,36-22-12-4-13-23-36)37-24-14-5-15-25-37/h1-31H. The molecule has 0 fully saturated rings. The average Bonchev–Trinajstić information content (AvgIpc) is 3.16. The molecule has 0 amide bonds. The lowest BCUT2D eigenvalue weighted by molar-refractivity contribution is 0.592. The third kappa shape index (κ3) is 5.39. The van der Waals surface area contributed by atoms with Gasteiger partial charge in [-0.1, -0.05) is 170 Å². The normalized spacial score (nSPS) is 11.7. The van der Waals surface area contributed by atoms with Crippen molar-refractivity contribution in [2.75, 3.05) is 0 Å². The maximum absolute atomic E-state index is 15.9. The molecule has 0 radical (unpaired) electrons. The van der Waals surface area contributed by atoms with Crippen LogP contribution in [0.5, 0.6) is 0 Å². The van der Waals surface area contributed by atoms with E-state index in [0.717, 1.165) is 33.0 Å². The highest BCUT2D eigenvalue weighted by Crippen LogP contribution is 2.48. The first-order valence-corrected chi connectivity index (χ1v) is 18.6. The zero-order valence-corrected chi connectivity index (χ0v) is 26.8. The minimum atomic E-state index is -3.48. The Bertz CT molecular complexity index is 2080. The van der Waals surface area contributed by atoms with Gasteiger partial charge in [-0.25, -0.2) is 0 Å². The molecule has 5 heteroatoms. The smallest absolute Gasteiger partial charge is 0.171 e. The molecule has 46 heavy (non-hydrogen) atoms. The number of pyridine rings is 1. The minimum absolute atomic E-state index is 0.628. The quantitative estimate of drug-likeness (QED) is 0.162. The maximum atomic E-state index is 15.9. The van der Waals surface area contributed by atoms with Crippen LogP contribution in [0.3, 0.4) is 0 Å². The molecule has 0 atom stereocenters. The van der Waals surface area contributed by atoms with E-state index in [1.54, 1.807) is 0 Å². The predicted molar refractivity (Wildman–Crippen MR) is 194 cm³/mol. The summed E-state index contributed by atoms with van der Waals surface area (Å²) in [7, 11) is -6.83. The van der Waals surface area contributed by atoms with Gasteiger partial charge in [0.25, 0.3) is 0 Å². The van der Waals surface area contributed by atoms with Gasteiger partial charge in [0.1, 0.15) is 0 Å². The van der Waals surface area contributed by atoms with Crippen LogP contribution in [-0.4, -0.2) is 4.98 Å². The highest BCUT2D eigenvalue weighted by Gasteiger charge is 2.36. The van der Waals surface area contributed by atoms with Gasteiger partial charge in [0.2, 0.25) is 0 Å². The van der Waals surface area contributed by atoms with Crippen molar-refractivity contribution < 1.29 is 9.13 Å². The first kappa shape index (κ1) is 29.6. The fourth-order valence-corrected chi connectivity index (χ4v) is 11.7. The molecule has 7 rings (SSSR count). The van der Waals surface area contributed by atoms with Gasteiger partial charge in [0.15, 0.2) is 14.3 Å². The van der Waals surface area contributed by atoms with Crippen LogP contribution < -0.4 is 31.8 Å². The van der Waals surface area contributed by atoms with E-state index in [-0.39, 0.29) is 0 Å². The lowest BCUT2D eigenvalue weighted by atomic mass is 10.1. The van der Waals surface area contributed by atoms with Crippen molar-refractivity contribution in [2.45, 2.75) is 0 Å². The number of nitrogens with zero attached hydrogens (tertiary/aromatic N) is 1. The van der Waals surface area contributed by atoms with E-state index >= 15 is 9.13 Å². The van der Waals surface area contributed by atoms with Crippen LogP contribution in [0.1, 0.15) is 0 Å². The summed E-state index contributed by atoms with van der Waals surface area (Å²) < 4.78 is 31.5. The van der Waals surface area contributed by atoms with Crippen LogP contribution >= 0.6 is 14.3 Å². The van der Waals surface area contributed by atoms with Gasteiger partial charge >= 0.3 is 0 Å². The molecule has 0 unspecified atom stereocenters. The molecule has 1 heterocycles. The van der Waals surface area contributed by atoms with E-state index in [9.17, 15) is 0 Å². The minimum Gasteiger partial charge on any atom is -0.309 e. The second kappa shape index (κ2) is 12.7. The fraction of sp³-hybridized carbons (Fsp3) is 0. The zero-order chi connectivity index (χ0) is 31.4. The van der Waals surface area contributed by atoms with Crippen molar-refractivity contribution in [2.24, 2.45) is 0 Å². The molecule has 3 nitrogen and oxygen atoms in total. The first-order chi connectivity index (χ1) is 22.6. The molecule has 0 spiro atoms. The van der Waals surface area contributed by atoms with Gasteiger partial charge in [-0.15, -0.1) is 0 Å². The lowest BCUT2D eigenvalue weighted by Crippen LogP contribution is -2.31. The summed E-state index contributed by atoms with van der Waals surface area (Å²) in [6.07, 6.45) is 1.84. The largest absolute Gasteiger partial charge is 0.309 e. The van der Waals surface area contributed by atoms with Gasteiger partial charge in [-0.2, -0.15) is 0 Å². The lowest BCUT2D eigenvalue weighted by Gasteiger charge is -2.26. The Balaban J connectivity index is 1.52. The van der Waals surface area contributed by atoms with E-state index in [4.69, 9.17) is 4.98 Å². The van der Waals surface area contributed by atoms with Gasteiger partial charge in [-0.3, -0.25) is 4.98 Å². The molecule has 6 aromatic carbocycles. The third-order valence-electron chi connectivity index (χ3n) is 8.31. The molecule has 0 aliphatic heterocycles. The highest BCUT2D eigenvalue weighted by molar-refractivity contribution is 7.86. The Labute approximate surface area is 270 Å². The second-order valence-corrected chi connectivity index (χ2v) is 16.6. The van der Waals surface area contributed by atoms with Gasteiger partial charge < -0.3 is 9.13 Å². The summed E-state index contributed by atoms with van der Waals surface area (Å²) in [6, 6.07) is 58.4. The van der Waals surface area contributed by atoms with Crippen LogP contribution in [0.2, 0.25) is 0 Å². The van der Waals surface area contributed by atoms with E-state index in [2.05, 4.69) is 0 Å². The van der Waals surface area contributed by atoms with E-state index < -0.39 is 14.3 Å². The molecule has 0 saturated heterocycles. The molecular formula is C41H31NO2P2. The Morgan fingerprint density at radius 2 is 0.804 bits per heavy atom. The number of hydrogen-bond acceptors (Lipinski definition) is 3. The van der Waals surface area contributed by atoms with Gasteiger partial charge in [0.05, 0.1) is 5.69 Å². The summed E-state index contributed by atoms with van der Waals surface area (Å²) in [5.74, 6) is 0. The summed E-state index contributed by atoms with van der Waals surface area (Å²) in [6.45, 7) is 0. The van der Waals surface area contributed by atoms with Crippen molar-refractivity contribution in [1.29, 1.82) is 0 Å². The number of aromatic nitrogens is 1. The molecule has 0 bridgehead atoms. The summed E-state index contributed by atoms with van der Waals surface area (Å²) in [5, 5.41) is 4.13. The monoisotopic (exact) mass is 631 g/mol. The van der Waals surface area contributed by atoms with E-state index in [1.807, 2.05) is 188 Å². The Morgan fingerprint density at radius 1 is 0.370 bits per heavy atom. The van der Waals surface area contributed by atoms with Crippen molar-refractivity contribution in [3.63, 3.8) is 0 Å². The molecule has 0 saturated carbocycles. The topological polar surface area (TPSA) is 47.0 Å². The average molecular weight is 632 g/mol. The summed E-state index contributed by atoms with van der Waals surface area (Å²) in [4.78, 5) is 4.82. The fourth-order valence-electron chi connectivity index (χ4n) is 5.98. The molecule has 7 aromatic rings. The van der Waals surface area contributed by atoms with Crippen molar-refractivity contribution in [3.8, 4) is 22.4 Å². The van der Waals surface area contributed by atoms with Crippen molar-refractivity contribution in [1.82, 2.24) is 4.98 Å². The summed E-state index contributed by atoms with van der Waals surface area (Å²) >= 11 is 0. The number of hydrogen-bond donors (Lipinski definition) is 0. The third-order valence-corrected chi connectivity index (χ3v) is 14.5. The van der Waals surface area contributed by atoms with Gasteiger partial charge in [0, 0.05) is 49.2 Å². The Kier molecular flexibility index (Phi) is 8.20. The number of benzene rings is 6. The molecular weight excluding hydrogens is 600 g/mol. The van der Waals surface area contributed by atoms with Crippen LogP contribution in [0.4, 0.5) is 0 Å². The van der Waals surface area contributed by atoms with E-state index in [0.29, 0.717) is 21.2 Å². The van der Waals surface area contributed by atoms with E-state index in [1.165, 1.54) is 0 Å². The Hall–Kier alpha value is -5.07. The molecule has 0 aliphatic rings. The first-order valence-electron chi connectivity index (χ1n) is 15.2. The van der Waals surface area contributed by atoms with Crippen LogP contribution in [0.25, 0.3) is 22.4 Å². The molecule has 222 valence electrons. The molecule has 1 aromatic heterocycles. The van der Waals surface area contributed by atoms with Crippen LogP contribution in [-0.2, 0) is 9.13 Å². The second-order valence-electron chi connectivity index (χ2n) is 11.1. The van der Waals surface area contributed by atoms with Crippen molar-refractivity contribution in [3.05, 3.63) is 188 Å². The molecule has 0 N–H and O–H groups in total. The molecule has 0 aliphatic carbocycles. The van der Waals surface area contributed by atoms with Gasteiger partial charge in [-0.05, 0) is 17.7 Å². The SMILES string of the molecule is O=P(c1ccccc1)(c1ccccc1)c1ccc(-c2ccc(-c3ccccc3)nc2)c(P(=O)(c2ccccc2)c2ccccc2)c1. The Morgan fingerprint density at radius 3 is 1.24 bits per heavy atom. The number of rotatable bonds is 8. The predicted octanol–water partition coefficient (Wildman–Crippen LogP) is 7.69. The zero-order valence-electron chi connectivity index (χ0n) is 25.1. The summed E-state index contributed by atoms with van der Waals surface area (Å²) in [5.41, 5.74) is 3.51. The maximum Gasteiger partial charge on any atom is 0.171 e. The van der Waals surface area contributed by atoms with Crippen LogP contribution in [0.15, 0.2) is 188 Å². The van der Waals surface area contributed by atoms with Crippen LogP contribution in [0, 0.1) is 0 Å². The highest BCUT2D eigenvalue weighted by atomic mass is 31.2. The van der Waals surface area contributed by atoms with Crippen molar-refractivity contribution >= 4 is 46.1 Å².